The fourth-order valence-corrected chi connectivity index (χ4v) is 4.84. The lowest BCUT2D eigenvalue weighted by molar-refractivity contribution is -0.122. The van der Waals surface area contributed by atoms with Gasteiger partial charge in [-0.1, -0.05) is 12.1 Å². The van der Waals surface area contributed by atoms with E-state index in [0.717, 1.165) is 28.2 Å². The molecule has 0 spiro atoms. The first kappa shape index (κ1) is 22.7. The summed E-state index contributed by atoms with van der Waals surface area (Å²) in [6.45, 7) is 9.14. The van der Waals surface area contributed by atoms with Crippen molar-refractivity contribution in [3.63, 3.8) is 0 Å². The average Bonchev–Trinajstić information content (AvgIpc) is 3.24. The minimum Gasteiger partial charge on any atom is -0.462 e. The van der Waals surface area contributed by atoms with Gasteiger partial charge in [-0.25, -0.2) is 4.79 Å². The minimum absolute atomic E-state index is 0.0812. The Bertz CT molecular complexity index is 1070. The molecule has 1 aliphatic heterocycles. The Morgan fingerprint density at radius 3 is 2.55 bits per heavy atom. The van der Waals surface area contributed by atoms with Crippen LogP contribution in [-0.2, 0) is 14.3 Å². The maximum Gasteiger partial charge on any atom is 0.341 e. The first-order valence-corrected chi connectivity index (χ1v) is 11.0. The van der Waals surface area contributed by atoms with Crippen molar-refractivity contribution in [1.29, 1.82) is 0 Å². The van der Waals surface area contributed by atoms with Crippen LogP contribution >= 0.6 is 11.3 Å². The van der Waals surface area contributed by atoms with Gasteiger partial charge in [-0.15, -0.1) is 11.3 Å². The molecule has 164 valence electrons. The van der Waals surface area contributed by atoms with Crippen LogP contribution in [0.25, 0.3) is 0 Å². The van der Waals surface area contributed by atoms with Gasteiger partial charge >= 0.3 is 5.97 Å². The van der Waals surface area contributed by atoms with E-state index in [1.807, 2.05) is 32.0 Å². The van der Waals surface area contributed by atoms with Crippen molar-refractivity contribution in [1.82, 2.24) is 0 Å². The maximum absolute atomic E-state index is 13.0. The van der Waals surface area contributed by atoms with E-state index in [-0.39, 0.29) is 47.7 Å². The minimum atomic E-state index is -0.585. The predicted octanol–water partition coefficient (Wildman–Crippen LogP) is 4.04. The summed E-state index contributed by atoms with van der Waals surface area (Å²) in [5.41, 5.74) is 3.56. The number of Topliss-reactive ketones (excluding diaryl/α,β-unsaturated/α-hetero) is 1. The average molecular weight is 443 g/mol. The highest BCUT2D eigenvalue weighted by Crippen LogP contribution is 2.35. The highest BCUT2D eigenvalue weighted by Gasteiger charge is 2.37. The molecular formula is C23H26N2O5S. The van der Waals surface area contributed by atoms with Crippen LogP contribution in [0.15, 0.2) is 18.2 Å². The lowest BCUT2D eigenvalue weighted by Crippen LogP contribution is -2.28. The second-order valence-electron chi connectivity index (χ2n) is 7.65. The molecule has 0 saturated carbocycles. The quantitative estimate of drug-likeness (QED) is 0.538. The van der Waals surface area contributed by atoms with Crippen LogP contribution < -0.4 is 10.2 Å². The van der Waals surface area contributed by atoms with Gasteiger partial charge in [-0.3, -0.25) is 14.4 Å². The number of benzene rings is 1. The molecule has 1 fully saturated rings. The number of thiophene rings is 1. The van der Waals surface area contributed by atoms with Crippen molar-refractivity contribution in [2.75, 3.05) is 23.4 Å². The van der Waals surface area contributed by atoms with Crippen LogP contribution in [0.2, 0.25) is 0 Å². The highest BCUT2D eigenvalue weighted by molar-refractivity contribution is 7.18. The number of hydrogen-bond acceptors (Lipinski definition) is 6. The van der Waals surface area contributed by atoms with Gasteiger partial charge in [0.2, 0.25) is 11.8 Å². The molecule has 1 aromatic heterocycles. The molecule has 1 aromatic carbocycles. The molecule has 2 heterocycles. The fourth-order valence-electron chi connectivity index (χ4n) is 3.74. The van der Waals surface area contributed by atoms with Gasteiger partial charge in [0.1, 0.15) is 5.00 Å². The van der Waals surface area contributed by atoms with Crippen molar-refractivity contribution >= 4 is 45.6 Å². The van der Waals surface area contributed by atoms with Crippen molar-refractivity contribution in [2.24, 2.45) is 5.92 Å². The summed E-state index contributed by atoms with van der Waals surface area (Å²) in [6.07, 6.45) is 0.0812. The number of carbonyl (C=O) groups is 4. The molecule has 2 amide bonds. The number of aryl methyl sites for hydroxylation is 1. The lowest BCUT2D eigenvalue weighted by Gasteiger charge is -2.20. The van der Waals surface area contributed by atoms with Gasteiger partial charge in [0.05, 0.1) is 23.0 Å². The largest absolute Gasteiger partial charge is 0.462 e. The Kier molecular flexibility index (Phi) is 6.59. The van der Waals surface area contributed by atoms with E-state index >= 15 is 0 Å². The number of hydrogen-bond donors (Lipinski definition) is 1. The van der Waals surface area contributed by atoms with Crippen LogP contribution in [0.4, 0.5) is 10.7 Å². The third-order valence-corrected chi connectivity index (χ3v) is 6.85. The number of nitrogens with one attached hydrogen (secondary N) is 1. The van der Waals surface area contributed by atoms with Crippen molar-refractivity contribution < 1.29 is 23.9 Å². The Morgan fingerprint density at radius 2 is 1.90 bits per heavy atom. The Balaban J connectivity index is 1.84. The highest BCUT2D eigenvalue weighted by atomic mass is 32.1. The van der Waals surface area contributed by atoms with E-state index in [2.05, 4.69) is 5.32 Å². The zero-order chi connectivity index (χ0) is 22.9. The molecule has 1 unspecified atom stereocenters. The molecule has 1 atom stereocenters. The van der Waals surface area contributed by atoms with Gasteiger partial charge < -0.3 is 15.0 Å². The molecule has 2 aromatic rings. The first-order chi connectivity index (χ1) is 14.6. The van der Waals surface area contributed by atoms with E-state index in [9.17, 15) is 19.2 Å². The molecule has 1 aliphatic rings. The predicted molar refractivity (Wildman–Crippen MR) is 120 cm³/mol. The summed E-state index contributed by atoms with van der Waals surface area (Å²) in [5.74, 6) is -1.82. The number of nitrogens with zero attached hydrogens (tertiary/aromatic N) is 1. The topological polar surface area (TPSA) is 92.8 Å². The van der Waals surface area contributed by atoms with E-state index in [1.54, 1.807) is 18.7 Å². The first-order valence-electron chi connectivity index (χ1n) is 10.1. The van der Waals surface area contributed by atoms with Gasteiger partial charge in [0, 0.05) is 18.7 Å². The molecule has 0 bridgehead atoms. The van der Waals surface area contributed by atoms with Crippen molar-refractivity contribution in [3.05, 3.63) is 45.3 Å². The summed E-state index contributed by atoms with van der Waals surface area (Å²) in [4.78, 5) is 52.1. The smallest absolute Gasteiger partial charge is 0.341 e. The SMILES string of the molecule is CCOC(=O)c1c(NC(=O)C2CC(=O)N(c3cccc(C)c3C)C2)sc(C(C)=O)c1C. The van der Waals surface area contributed by atoms with Crippen LogP contribution in [0.1, 0.15) is 57.0 Å². The third kappa shape index (κ3) is 4.39. The number of ether oxygens (including phenoxy) is 1. The number of ketones is 1. The third-order valence-electron chi connectivity index (χ3n) is 5.55. The Morgan fingerprint density at radius 1 is 1.19 bits per heavy atom. The Hall–Kier alpha value is -3.00. The van der Waals surface area contributed by atoms with E-state index in [1.165, 1.54) is 6.92 Å². The fraction of sp³-hybridized carbons (Fsp3) is 0.391. The van der Waals surface area contributed by atoms with Gasteiger partial charge in [-0.05, 0) is 57.4 Å². The van der Waals surface area contributed by atoms with E-state index in [4.69, 9.17) is 4.74 Å². The summed E-state index contributed by atoms with van der Waals surface area (Å²) in [6, 6.07) is 5.75. The summed E-state index contributed by atoms with van der Waals surface area (Å²) < 4.78 is 5.11. The normalized spacial score (nSPS) is 15.8. The molecule has 0 aliphatic carbocycles. The summed E-state index contributed by atoms with van der Waals surface area (Å²) >= 11 is 1.06. The number of carbonyl (C=O) groups excluding carboxylic acids is 4. The zero-order valence-electron chi connectivity index (χ0n) is 18.3. The molecule has 8 heteroatoms. The molecule has 1 saturated heterocycles. The second-order valence-corrected chi connectivity index (χ2v) is 8.67. The van der Waals surface area contributed by atoms with Gasteiger partial charge in [-0.2, -0.15) is 0 Å². The molecule has 3 rings (SSSR count). The van der Waals surface area contributed by atoms with E-state index in [0.29, 0.717) is 10.4 Å². The monoisotopic (exact) mass is 442 g/mol. The van der Waals surface area contributed by atoms with Crippen molar-refractivity contribution in [2.45, 2.75) is 41.0 Å². The number of amides is 2. The number of anilines is 2. The molecule has 31 heavy (non-hydrogen) atoms. The number of rotatable bonds is 6. The van der Waals surface area contributed by atoms with Crippen LogP contribution in [0, 0.1) is 26.7 Å². The van der Waals surface area contributed by atoms with Gasteiger partial charge in [0.15, 0.2) is 5.78 Å². The summed E-state index contributed by atoms with van der Waals surface area (Å²) in [5, 5.41) is 3.06. The van der Waals surface area contributed by atoms with Crippen LogP contribution in [0.5, 0.6) is 0 Å². The van der Waals surface area contributed by atoms with E-state index < -0.39 is 11.9 Å². The van der Waals surface area contributed by atoms with Crippen LogP contribution in [-0.4, -0.2) is 36.7 Å². The number of esters is 1. The van der Waals surface area contributed by atoms with Crippen LogP contribution in [0.3, 0.4) is 0 Å². The molecule has 1 N–H and O–H groups in total. The molecular weight excluding hydrogens is 416 g/mol. The molecule has 0 radical (unpaired) electrons. The maximum atomic E-state index is 13.0. The van der Waals surface area contributed by atoms with Crippen molar-refractivity contribution in [3.8, 4) is 0 Å². The zero-order valence-corrected chi connectivity index (χ0v) is 19.1. The lowest BCUT2D eigenvalue weighted by atomic mass is 10.1. The Labute approximate surface area is 185 Å². The van der Waals surface area contributed by atoms with Gasteiger partial charge in [0.25, 0.3) is 0 Å². The standard InChI is InChI=1S/C23H26N2O5S/c1-6-30-23(29)19-14(4)20(15(5)26)31-22(19)24-21(28)16-10-18(27)25(11-16)17-9-7-8-12(2)13(17)3/h7-9,16H,6,10-11H2,1-5H3,(H,24,28). The summed E-state index contributed by atoms with van der Waals surface area (Å²) in [7, 11) is 0. The second kappa shape index (κ2) is 9.01. The molecule has 7 nitrogen and oxygen atoms in total.